The average Bonchev–Trinajstić information content (AvgIpc) is 2.70. The second kappa shape index (κ2) is 16.9. The third-order valence-electron chi connectivity index (χ3n) is 3.22. The summed E-state index contributed by atoms with van der Waals surface area (Å²) >= 11 is 0. The molecule has 0 bridgehead atoms. The van der Waals surface area contributed by atoms with Crippen LogP contribution in [0, 0.1) is 22.5 Å². The van der Waals surface area contributed by atoms with E-state index in [1.165, 1.54) is 12.1 Å². The molecule has 0 radical (unpaired) electrons. The van der Waals surface area contributed by atoms with Gasteiger partial charge in [-0.15, -0.1) is 6.42 Å². The first-order chi connectivity index (χ1) is 13.7. The maximum atomic E-state index is 10.5. The van der Waals surface area contributed by atoms with Crippen LogP contribution in [-0.4, -0.2) is 77.6 Å². The molecule has 0 saturated heterocycles. The van der Waals surface area contributed by atoms with Gasteiger partial charge in [-0.2, -0.15) is 0 Å². The fraction of sp³-hybridized carbons (Fsp3) is 0.579. The van der Waals surface area contributed by atoms with Crippen molar-refractivity contribution in [3.05, 3.63) is 34.4 Å². The lowest BCUT2D eigenvalue weighted by molar-refractivity contribution is -0.384. The number of nitrogens with zero attached hydrogens (tertiary/aromatic N) is 1. The van der Waals surface area contributed by atoms with E-state index in [2.05, 4.69) is 5.92 Å². The first kappa shape index (κ1) is 23.8. The van der Waals surface area contributed by atoms with Crippen LogP contribution in [0.4, 0.5) is 5.69 Å². The molecule has 0 N–H and O–H groups in total. The molecule has 0 fully saturated rings. The van der Waals surface area contributed by atoms with Crippen LogP contribution in [0.5, 0.6) is 5.75 Å². The third kappa shape index (κ3) is 13.0. The molecule has 0 atom stereocenters. The van der Waals surface area contributed by atoms with Crippen molar-refractivity contribution < 1.29 is 33.3 Å². The van der Waals surface area contributed by atoms with Crippen LogP contribution in [0.15, 0.2) is 24.3 Å². The van der Waals surface area contributed by atoms with Crippen LogP contribution in [0.1, 0.15) is 0 Å². The Balaban J connectivity index is 1.80. The molecular formula is C19H27NO8. The number of terminal acetylenes is 1. The third-order valence-corrected chi connectivity index (χ3v) is 3.22. The zero-order valence-electron chi connectivity index (χ0n) is 15.9. The lowest BCUT2D eigenvalue weighted by atomic mass is 10.3. The van der Waals surface area contributed by atoms with E-state index in [-0.39, 0.29) is 5.69 Å². The van der Waals surface area contributed by atoms with Crippen LogP contribution in [0.25, 0.3) is 0 Å². The normalized spacial score (nSPS) is 10.5. The number of hydrogen-bond donors (Lipinski definition) is 0. The molecule has 0 amide bonds. The Labute approximate surface area is 165 Å². The van der Waals surface area contributed by atoms with E-state index in [1.54, 1.807) is 12.1 Å². The zero-order valence-corrected chi connectivity index (χ0v) is 15.9. The van der Waals surface area contributed by atoms with Gasteiger partial charge in [0.25, 0.3) is 5.69 Å². The van der Waals surface area contributed by atoms with Gasteiger partial charge in [-0.25, -0.2) is 0 Å². The summed E-state index contributed by atoms with van der Waals surface area (Å²) in [5.41, 5.74) is 0.0305. The van der Waals surface area contributed by atoms with E-state index in [4.69, 9.17) is 34.8 Å². The molecule has 156 valence electrons. The minimum atomic E-state index is -0.453. The number of nitro benzene ring substituents is 1. The zero-order chi connectivity index (χ0) is 20.3. The molecule has 9 heteroatoms. The number of ether oxygens (including phenoxy) is 6. The Morgan fingerprint density at radius 2 is 1.18 bits per heavy atom. The Bertz CT molecular complexity index is 558. The molecule has 1 rings (SSSR count). The molecular weight excluding hydrogens is 370 g/mol. The Morgan fingerprint density at radius 3 is 1.61 bits per heavy atom. The van der Waals surface area contributed by atoms with E-state index in [1.807, 2.05) is 0 Å². The standard InChI is InChI=1S/C19H27NO8/c1-2-7-23-8-9-24-10-11-25-12-13-26-14-15-27-16-17-28-19-5-3-18(4-6-19)20(21)22/h1,3-6H,7-17H2. The molecule has 1 aromatic rings. The van der Waals surface area contributed by atoms with Gasteiger partial charge in [-0.1, -0.05) is 5.92 Å². The number of rotatable bonds is 18. The number of hydrogen-bond acceptors (Lipinski definition) is 8. The van der Waals surface area contributed by atoms with Gasteiger partial charge in [0.2, 0.25) is 0 Å². The van der Waals surface area contributed by atoms with Crippen molar-refractivity contribution in [1.82, 2.24) is 0 Å². The van der Waals surface area contributed by atoms with Gasteiger partial charge in [0.1, 0.15) is 19.0 Å². The smallest absolute Gasteiger partial charge is 0.269 e. The number of benzene rings is 1. The predicted octanol–water partition coefficient (Wildman–Crippen LogP) is 1.69. The molecule has 0 aliphatic heterocycles. The Kier molecular flexibility index (Phi) is 14.4. The minimum Gasteiger partial charge on any atom is -0.491 e. The van der Waals surface area contributed by atoms with E-state index in [0.29, 0.717) is 78.4 Å². The van der Waals surface area contributed by atoms with E-state index in [9.17, 15) is 10.1 Å². The summed E-state index contributed by atoms with van der Waals surface area (Å²) in [5.74, 6) is 2.94. The molecule has 0 aliphatic carbocycles. The largest absolute Gasteiger partial charge is 0.491 e. The quantitative estimate of drug-likeness (QED) is 0.160. The van der Waals surface area contributed by atoms with Crippen LogP contribution in [0.3, 0.4) is 0 Å². The number of non-ortho nitro benzene ring substituents is 1. The second-order valence-electron chi connectivity index (χ2n) is 5.31. The monoisotopic (exact) mass is 397 g/mol. The highest BCUT2D eigenvalue weighted by molar-refractivity contribution is 5.35. The summed E-state index contributed by atoms with van der Waals surface area (Å²) < 4.78 is 31.9. The Hall–Kier alpha value is -2.22. The van der Waals surface area contributed by atoms with E-state index in [0.717, 1.165) is 0 Å². The van der Waals surface area contributed by atoms with E-state index < -0.39 is 4.92 Å². The molecule has 9 nitrogen and oxygen atoms in total. The molecule has 28 heavy (non-hydrogen) atoms. The fourth-order valence-corrected chi connectivity index (χ4v) is 1.89. The lowest BCUT2D eigenvalue weighted by Crippen LogP contribution is -2.14. The molecule has 0 unspecified atom stereocenters. The fourth-order valence-electron chi connectivity index (χ4n) is 1.89. The summed E-state index contributed by atoms with van der Waals surface area (Å²) in [6.07, 6.45) is 5.04. The Morgan fingerprint density at radius 1 is 0.750 bits per heavy atom. The molecule has 0 spiro atoms. The van der Waals surface area contributed by atoms with Crippen molar-refractivity contribution in [3.8, 4) is 18.1 Å². The highest BCUT2D eigenvalue weighted by Crippen LogP contribution is 2.16. The topological polar surface area (TPSA) is 98.5 Å². The van der Waals surface area contributed by atoms with Crippen molar-refractivity contribution >= 4 is 5.69 Å². The molecule has 0 saturated carbocycles. The second-order valence-corrected chi connectivity index (χ2v) is 5.31. The SMILES string of the molecule is C#CCOCCOCCOCCOCCOCCOc1ccc([N+](=O)[O-])cc1. The maximum Gasteiger partial charge on any atom is 0.269 e. The molecule has 0 aliphatic rings. The average molecular weight is 397 g/mol. The maximum absolute atomic E-state index is 10.5. The molecule has 0 aromatic heterocycles. The van der Waals surface area contributed by atoms with Gasteiger partial charge in [-0.05, 0) is 12.1 Å². The lowest BCUT2D eigenvalue weighted by Gasteiger charge is -2.08. The number of nitro groups is 1. The van der Waals surface area contributed by atoms with Crippen molar-refractivity contribution in [2.24, 2.45) is 0 Å². The molecule has 0 heterocycles. The predicted molar refractivity (Wildman–Crippen MR) is 102 cm³/mol. The van der Waals surface area contributed by atoms with Crippen molar-refractivity contribution in [1.29, 1.82) is 0 Å². The van der Waals surface area contributed by atoms with Crippen LogP contribution in [0.2, 0.25) is 0 Å². The van der Waals surface area contributed by atoms with E-state index >= 15 is 0 Å². The van der Waals surface area contributed by atoms with Crippen molar-refractivity contribution in [2.45, 2.75) is 0 Å². The van der Waals surface area contributed by atoms with Crippen molar-refractivity contribution in [2.75, 3.05) is 72.7 Å². The van der Waals surface area contributed by atoms with Crippen LogP contribution >= 0.6 is 0 Å². The van der Waals surface area contributed by atoms with Crippen molar-refractivity contribution in [3.63, 3.8) is 0 Å². The first-order valence-corrected chi connectivity index (χ1v) is 8.93. The van der Waals surface area contributed by atoms with Gasteiger partial charge >= 0.3 is 0 Å². The van der Waals surface area contributed by atoms with Crippen LogP contribution < -0.4 is 4.74 Å². The van der Waals surface area contributed by atoms with Gasteiger partial charge in [0, 0.05) is 12.1 Å². The summed E-state index contributed by atoms with van der Waals surface area (Å²) in [7, 11) is 0. The van der Waals surface area contributed by atoms with Gasteiger partial charge in [-0.3, -0.25) is 10.1 Å². The van der Waals surface area contributed by atoms with Gasteiger partial charge < -0.3 is 28.4 Å². The van der Waals surface area contributed by atoms with Gasteiger partial charge in [0.05, 0.1) is 64.4 Å². The minimum absolute atomic E-state index is 0.0305. The summed E-state index contributed by atoms with van der Waals surface area (Å²) in [6.45, 7) is 4.90. The first-order valence-electron chi connectivity index (χ1n) is 8.93. The summed E-state index contributed by atoms with van der Waals surface area (Å²) in [5, 5.41) is 10.5. The molecule has 1 aromatic carbocycles. The highest BCUT2D eigenvalue weighted by Gasteiger charge is 2.04. The summed E-state index contributed by atoms with van der Waals surface area (Å²) in [6, 6.07) is 5.90. The van der Waals surface area contributed by atoms with Crippen LogP contribution in [-0.2, 0) is 23.7 Å². The summed E-state index contributed by atoms with van der Waals surface area (Å²) in [4.78, 5) is 10.1. The van der Waals surface area contributed by atoms with Gasteiger partial charge in [0.15, 0.2) is 0 Å². The highest BCUT2D eigenvalue weighted by atomic mass is 16.6.